The Kier molecular flexibility index (Phi) is 14.6. The third-order valence-electron chi connectivity index (χ3n) is 5.06. The number of carbonyl (C=O) groups is 1. The van der Waals surface area contributed by atoms with Gasteiger partial charge in [-0.2, -0.15) is 0 Å². The maximum absolute atomic E-state index is 11.8. The standard InChI is InChI=1S/C19H31NO7.CH4O4S/c1-4-20(5-2,6-3)7-8-25-9-10-26-11-12-27-19(24)15-13-16(21)18(23)17(22)14-15;1-5-6(2,3)4/h13-14H,4-12H2,1-3H3,(H2-,21,22,23,24);1H3,(H,2,3,4). The number of phenols is 3. The molecule has 0 aliphatic heterocycles. The van der Waals surface area contributed by atoms with Gasteiger partial charge in [0.05, 0.1) is 58.7 Å². The van der Waals surface area contributed by atoms with Crippen LogP contribution in [0.3, 0.4) is 0 Å². The van der Waals surface area contributed by atoms with Crippen LogP contribution in [0.15, 0.2) is 12.1 Å². The minimum atomic E-state index is -4.41. The summed E-state index contributed by atoms with van der Waals surface area (Å²) < 4.78 is 48.0. The van der Waals surface area contributed by atoms with Crippen molar-refractivity contribution >= 4 is 16.4 Å². The number of phenolic OH excluding ortho intramolecular Hbond substituents is 3. The quantitative estimate of drug-likeness (QED) is 0.0834. The lowest BCUT2D eigenvalue weighted by Crippen LogP contribution is -2.49. The van der Waals surface area contributed by atoms with Crippen molar-refractivity contribution in [2.75, 3.05) is 66.3 Å². The average molecular weight is 498 g/mol. The predicted molar refractivity (Wildman–Crippen MR) is 117 cm³/mol. The van der Waals surface area contributed by atoms with E-state index in [0.29, 0.717) is 19.8 Å². The summed E-state index contributed by atoms with van der Waals surface area (Å²) in [6.45, 7) is 12.6. The van der Waals surface area contributed by atoms with Gasteiger partial charge in [-0.25, -0.2) is 13.2 Å². The topological polar surface area (TPSA) is 172 Å². The largest absolute Gasteiger partial charge is 0.726 e. The molecule has 1 rings (SSSR count). The molecule has 12 nitrogen and oxygen atoms in total. The maximum Gasteiger partial charge on any atom is 0.338 e. The van der Waals surface area contributed by atoms with E-state index >= 15 is 0 Å². The van der Waals surface area contributed by atoms with Crippen molar-refractivity contribution < 1.29 is 56.0 Å². The second-order valence-corrected chi connectivity index (χ2v) is 7.96. The molecule has 1 aromatic carbocycles. The van der Waals surface area contributed by atoms with Crippen LogP contribution in [-0.2, 0) is 28.8 Å². The van der Waals surface area contributed by atoms with Gasteiger partial charge in [0.25, 0.3) is 0 Å². The van der Waals surface area contributed by atoms with Gasteiger partial charge in [0.1, 0.15) is 13.2 Å². The average Bonchev–Trinajstić information content (AvgIpc) is 2.78. The highest BCUT2D eigenvalue weighted by Gasteiger charge is 2.19. The minimum absolute atomic E-state index is 0.0305. The Hall–Kier alpha value is -2.16. The number of quaternary nitrogens is 1. The molecule has 0 amide bonds. The van der Waals surface area contributed by atoms with E-state index in [0.717, 1.165) is 49.9 Å². The summed E-state index contributed by atoms with van der Waals surface area (Å²) in [6.07, 6.45) is 0. The van der Waals surface area contributed by atoms with Gasteiger partial charge in [-0.3, -0.25) is 4.18 Å². The minimum Gasteiger partial charge on any atom is -0.726 e. The van der Waals surface area contributed by atoms with Crippen molar-refractivity contribution in [2.45, 2.75) is 20.8 Å². The van der Waals surface area contributed by atoms with Crippen molar-refractivity contribution in [1.29, 1.82) is 0 Å². The van der Waals surface area contributed by atoms with Gasteiger partial charge < -0.3 is 38.6 Å². The normalized spacial score (nSPS) is 11.5. The molecule has 1 aromatic rings. The van der Waals surface area contributed by atoms with Crippen LogP contribution in [0.2, 0.25) is 0 Å². The van der Waals surface area contributed by atoms with Crippen LogP contribution >= 0.6 is 0 Å². The molecular formula is C20H35NO11S. The Morgan fingerprint density at radius 3 is 1.76 bits per heavy atom. The molecule has 0 aliphatic rings. The van der Waals surface area contributed by atoms with Crippen molar-refractivity contribution in [3.8, 4) is 17.2 Å². The summed E-state index contributed by atoms with van der Waals surface area (Å²) in [6, 6.07) is 2.04. The van der Waals surface area contributed by atoms with E-state index in [2.05, 4.69) is 25.0 Å². The molecule has 3 N–H and O–H groups in total. The fourth-order valence-electron chi connectivity index (χ4n) is 2.72. The molecule has 192 valence electrons. The second kappa shape index (κ2) is 15.6. The molecule has 0 aromatic heterocycles. The van der Waals surface area contributed by atoms with Gasteiger partial charge in [-0.05, 0) is 32.9 Å². The molecule has 33 heavy (non-hydrogen) atoms. The third-order valence-corrected chi connectivity index (χ3v) is 5.47. The number of esters is 1. The molecule has 0 unspecified atom stereocenters. The Labute approximate surface area is 194 Å². The number of benzene rings is 1. The molecule has 13 heteroatoms. The first-order chi connectivity index (χ1) is 15.4. The fraction of sp³-hybridized carbons (Fsp3) is 0.650. The Morgan fingerprint density at radius 1 is 0.909 bits per heavy atom. The first-order valence-electron chi connectivity index (χ1n) is 10.4. The third kappa shape index (κ3) is 12.6. The number of hydrogen-bond acceptors (Lipinski definition) is 11. The monoisotopic (exact) mass is 497 g/mol. The zero-order valence-corrected chi connectivity index (χ0v) is 20.3. The van der Waals surface area contributed by atoms with Crippen LogP contribution in [0.25, 0.3) is 0 Å². The molecule has 0 heterocycles. The van der Waals surface area contributed by atoms with E-state index in [4.69, 9.17) is 14.2 Å². The predicted octanol–water partition coefficient (Wildman–Crippen LogP) is 0.963. The fourth-order valence-corrected chi connectivity index (χ4v) is 2.72. The van der Waals surface area contributed by atoms with Gasteiger partial charge in [0, 0.05) is 0 Å². The Bertz CT molecular complexity index is 779. The molecule has 0 radical (unpaired) electrons. The van der Waals surface area contributed by atoms with Crippen molar-refractivity contribution in [1.82, 2.24) is 0 Å². The van der Waals surface area contributed by atoms with Crippen LogP contribution in [0.1, 0.15) is 31.1 Å². The van der Waals surface area contributed by atoms with Crippen LogP contribution in [0, 0.1) is 0 Å². The van der Waals surface area contributed by atoms with E-state index in [-0.39, 0.29) is 18.8 Å². The van der Waals surface area contributed by atoms with E-state index in [1.54, 1.807) is 0 Å². The number of rotatable bonds is 14. The zero-order valence-electron chi connectivity index (χ0n) is 19.5. The number of nitrogens with zero attached hydrogens (tertiary/aromatic N) is 1. The van der Waals surface area contributed by atoms with Gasteiger partial charge >= 0.3 is 5.97 Å². The first-order valence-corrected chi connectivity index (χ1v) is 11.7. The highest BCUT2D eigenvalue weighted by Crippen LogP contribution is 2.35. The summed E-state index contributed by atoms with van der Waals surface area (Å²) in [7, 11) is -3.60. The molecule has 0 spiro atoms. The summed E-state index contributed by atoms with van der Waals surface area (Å²) in [5.41, 5.74) is -0.0597. The first kappa shape index (κ1) is 30.8. The highest BCUT2D eigenvalue weighted by molar-refractivity contribution is 7.80. The van der Waals surface area contributed by atoms with Crippen LogP contribution < -0.4 is 0 Å². The second-order valence-electron chi connectivity index (χ2n) is 6.81. The molecule has 0 saturated carbocycles. The van der Waals surface area contributed by atoms with Gasteiger partial charge in [0.2, 0.25) is 10.4 Å². The molecule has 0 bridgehead atoms. The van der Waals surface area contributed by atoms with E-state index in [1.807, 2.05) is 0 Å². The summed E-state index contributed by atoms with van der Waals surface area (Å²) in [4.78, 5) is 11.8. The van der Waals surface area contributed by atoms with Crippen LogP contribution in [0.5, 0.6) is 17.2 Å². The van der Waals surface area contributed by atoms with E-state index in [9.17, 15) is 33.1 Å². The van der Waals surface area contributed by atoms with Gasteiger partial charge in [0.15, 0.2) is 17.2 Å². The molecular weight excluding hydrogens is 462 g/mol. The summed E-state index contributed by atoms with van der Waals surface area (Å²) in [5, 5.41) is 28.0. The maximum atomic E-state index is 11.8. The van der Waals surface area contributed by atoms with Gasteiger partial charge in [-0.15, -0.1) is 0 Å². The lowest BCUT2D eigenvalue weighted by atomic mass is 10.2. The van der Waals surface area contributed by atoms with Gasteiger partial charge in [-0.1, -0.05) is 0 Å². The lowest BCUT2D eigenvalue weighted by molar-refractivity contribution is -0.923. The smallest absolute Gasteiger partial charge is 0.338 e. The molecule has 0 saturated heterocycles. The number of hydrogen-bond donors (Lipinski definition) is 3. The number of likely N-dealkylation sites (N-methyl/N-ethyl adjacent to an activating group) is 1. The van der Waals surface area contributed by atoms with E-state index in [1.165, 1.54) is 0 Å². The molecule has 0 aliphatic carbocycles. The van der Waals surface area contributed by atoms with Crippen molar-refractivity contribution in [2.24, 2.45) is 0 Å². The lowest BCUT2D eigenvalue weighted by Gasteiger charge is -2.35. The highest BCUT2D eigenvalue weighted by atomic mass is 32.3. The zero-order chi connectivity index (χ0) is 25.5. The molecule has 0 atom stereocenters. The summed E-state index contributed by atoms with van der Waals surface area (Å²) in [5.74, 6) is -2.59. The Balaban J connectivity index is 0.00000150. The number of ether oxygens (including phenoxy) is 3. The van der Waals surface area contributed by atoms with Crippen LogP contribution in [-0.4, -0.2) is 105 Å². The number of aromatic hydroxyl groups is 3. The van der Waals surface area contributed by atoms with Crippen molar-refractivity contribution in [3.05, 3.63) is 17.7 Å². The van der Waals surface area contributed by atoms with Crippen molar-refractivity contribution in [3.63, 3.8) is 0 Å². The van der Waals surface area contributed by atoms with E-state index < -0.39 is 33.6 Å². The van der Waals surface area contributed by atoms with Crippen LogP contribution in [0.4, 0.5) is 0 Å². The summed E-state index contributed by atoms with van der Waals surface area (Å²) >= 11 is 0. The molecule has 0 fully saturated rings. The Morgan fingerprint density at radius 2 is 1.33 bits per heavy atom. The SMILES string of the molecule is CC[N+](CC)(CC)CCOCCOCCOC(=O)c1cc(O)c(O)c(O)c1.COS(=O)(=O)[O-]. The number of carbonyl (C=O) groups excluding carboxylic acids is 1.